The number of carbonyl (C=O) groups excluding carboxylic acids is 1. The van der Waals surface area contributed by atoms with E-state index in [0.717, 1.165) is 39.0 Å². The maximum absolute atomic E-state index is 14.2. The Morgan fingerprint density at radius 2 is 2.05 bits per heavy atom. The molecule has 4 heteroatoms. The van der Waals surface area contributed by atoms with Gasteiger partial charge in [0.2, 0.25) is 0 Å². The van der Waals surface area contributed by atoms with Gasteiger partial charge in [-0.3, -0.25) is 9.69 Å². The van der Waals surface area contributed by atoms with Gasteiger partial charge < -0.3 is 4.90 Å². The molecular weight excluding hydrogens is 279 g/mol. The van der Waals surface area contributed by atoms with Crippen molar-refractivity contribution in [3.63, 3.8) is 0 Å². The second kappa shape index (κ2) is 7.54. The number of hydrogen-bond acceptors (Lipinski definition) is 3. The SMILES string of the molecule is C=CCCC(C)N1CCN(c2ccc(C(C)=O)cc2F)CC1. The Kier molecular flexibility index (Phi) is 5.72. The number of nitrogens with zero attached hydrogens (tertiary/aromatic N) is 2. The third-order valence-corrected chi connectivity index (χ3v) is 4.42. The van der Waals surface area contributed by atoms with Crippen LogP contribution in [0.3, 0.4) is 0 Å². The molecule has 0 aliphatic carbocycles. The number of allylic oxidation sites excluding steroid dienone is 1. The number of piperazine rings is 1. The molecule has 3 nitrogen and oxygen atoms in total. The fourth-order valence-corrected chi connectivity index (χ4v) is 2.93. The highest BCUT2D eigenvalue weighted by Gasteiger charge is 2.22. The number of anilines is 1. The Labute approximate surface area is 132 Å². The second-order valence-corrected chi connectivity index (χ2v) is 5.96. The summed E-state index contributed by atoms with van der Waals surface area (Å²) in [6.07, 6.45) is 4.10. The fourth-order valence-electron chi connectivity index (χ4n) is 2.93. The average Bonchev–Trinajstić information content (AvgIpc) is 2.52. The zero-order valence-electron chi connectivity index (χ0n) is 13.5. The maximum atomic E-state index is 14.2. The lowest BCUT2D eigenvalue weighted by Gasteiger charge is -2.39. The lowest BCUT2D eigenvalue weighted by molar-refractivity contribution is 0.101. The molecule has 22 heavy (non-hydrogen) atoms. The average molecular weight is 304 g/mol. The summed E-state index contributed by atoms with van der Waals surface area (Å²) in [5, 5.41) is 0. The van der Waals surface area contributed by atoms with E-state index in [9.17, 15) is 9.18 Å². The third-order valence-electron chi connectivity index (χ3n) is 4.42. The Balaban J connectivity index is 1.97. The van der Waals surface area contributed by atoms with E-state index in [1.54, 1.807) is 12.1 Å². The minimum atomic E-state index is -0.305. The topological polar surface area (TPSA) is 23.6 Å². The lowest BCUT2D eigenvalue weighted by Crippen LogP contribution is -2.49. The highest BCUT2D eigenvalue weighted by atomic mass is 19.1. The van der Waals surface area contributed by atoms with Crippen LogP contribution in [0, 0.1) is 5.82 Å². The van der Waals surface area contributed by atoms with Gasteiger partial charge in [0.05, 0.1) is 5.69 Å². The van der Waals surface area contributed by atoms with Crippen molar-refractivity contribution in [1.82, 2.24) is 4.90 Å². The van der Waals surface area contributed by atoms with Gasteiger partial charge in [-0.15, -0.1) is 6.58 Å². The van der Waals surface area contributed by atoms with Crippen LogP contribution in [0.15, 0.2) is 30.9 Å². The van der Waals surface area contributed by atoms with Gasteiger partial charge >= 0.3 is 0 Å². The van der Waals surface area contributed by atoms with E-state index < -0.39 is 0 Å². The van der Waals surface area contributed by atoms with Crippen LogP contribution in [0.25, 0.3) is 0 Å². The zero-order chi connectivity index (χ0) is 16.1. The first-order chi connectivity index (χ1) is 10.5. The van der Waals surface area contributed by atoms with E-state index in [-0.39, 0.29) is 11.6 Å². The summed E-state index contributed by atoms with van der Waals surface area (Å²) in [7, 11) is 0. The summed E-state index contributed by atoms with van der Waals surface area (Å²) < 4.78 is 14.2. The molecule has 1 aliphatic heterocycles. The van der Waals surface area contributed by atoms with Crippen LogP contribution in [0.5, 0.6) is 0 Å². The van der Waals surface area contributed by atoms with Gasteiger partial charge in [0.1, 0.15) is 5.82 Å². The zero-order valence-corrected chi connectivity index (χ0v) is 13.5. The van der Waals surface area contributed by atoms with E-state index >= 15 is 0 Å². The van der Waals surface area contributed by atoms with E-state index in [2.05, 4.69) is 23.3 Å². The Bertz CT molecular complexity index is 536. The molecule has 120 valence electrons. The number of halogens is 1. The number of Topliss-reactive ketones (excluding diaryl/α,β-unsaturated/α-hetero) is 1. The summed E-state index contributed by atoms with van der Waals surface area (Å²) in [5.74, 6) is -0.410. The quantitative estimate of drug-likeness (QED) is 0.593. The van der Waals surface area contributed by atoms with Crippen LogP contribution in [0.4, 0.5) is 10.1 Å². The molecule has 1 aromatic rings. The summed E-state index contributed by atoms with van der Waals surface area (Å²) in [6.45, 7) is 11.0. The molecule has 1 heterocycles. The van der Waals surface area contributed by atoms with E-state index in [1.807, 2.05) is 6.08 Å². The van der Waals surface area contributed by atoms with Crippen molar-refractivity contribution in [3.8, 4) is 0 Å². The number of ketones is 1. The molecule has 0 bridgehead atoms. The van der Waals surface area contributed by atoms with Crippen molar-refractivity contribution >= 4 is 11.5 Å². The minimum Gasteiger partial charge on any atom is -0.367 e. The number of hydrogen-bond donors (Lipinski definition) is 0. The third kappa shape index (κ3) is 3.95. The highest BCUT2D eigenvalue weighted by molar-refractivity contribution is 5.94. The van der Waals surface area contributed by atoms with Gasteiger partial charge in [0.15, 0.2) is 5.78 Å². The van der Waals surface area contributed by atoms with E-state index in [1.165, 1.54) is 13.0 Å². The Morgan fingerprint density at radius 3 is 2.59 bits per heavy atom. The first kappa shape index (κ1) is 16.7. The molecule has 0 saturated carbocycles. The largest absolute Gasteiger partial charge is 0.367 e. The molecule has 0 spiro atoms. The van der Waals surface area contributed by atoms with Crippen molar-refractivity contribution in [2.24, 2.45) is 0 Å². The lowest BCUT2D eigenvalue weighted by atomic mass is 10.1. The molecule has 1 fully saturated rings. The summed E-state index contributed by atoms with van der Waals surface area (Å²) in [5.41, 5.74) is 1.03. The molecule has 1 aliphatic rings. The van der Waals surface area contributed by atoms with Crippen LogP contribution in [0.1, 0.15) is 37.0 Å². The van der Waals surface area contributed by atoms with Gasteiger partial charge in [0.25, 0.3) is 0 Å². The van der Waals surface area contributed by atoms with Gasteiger partial charge in [-0.2, -0.15) is 0 Å². The molecule has 2 rings (SSSR count). The molecule has 0 radical (unpaired) electrons. The Morgan fingerprint density at radius 1 is 1.36 bits per heavy atom. The van der Waals surface area contributed by atoms with Gasteiger partial charge in [-0.05, 0) is 44.9 Å². The normalized spacial score (nSPS) is 17.3. The van der Waals surface area contributed by atoms with Crippen molar-refractivity contribution < 1.29 is 9.18 Å². The van der Waals surface area contributed by atoms with Gasteiger partial charge in [0, 0.05) is 37.8 Å². The molecule has 1 saturated heterocycles. The molecule has 1 aromatic carbocycles. The summed E-state index contributed by atoms with van der Waals surface area (Å²) in [6, 6.07) is 5.31. The standard InChI is InChI=1S/C18H25FN2O/c1-4-5-6-14(2)20-9-11-21(12-10-20)18-8-7-16(15(3)22)13-17(18)19/h4,7-8,13-14H,1,5-6,9-12H2,2-3H3. The van der Waals surface area contributed by atoms with Crippen LogP contribution in [-0.2, 0) is 0 Å². The monoisotopic (exact) mass is 304 g/mol. The highest BCUT2D eigenvalue weighted by Crippen LogP contribution is 2.23. The smallest absolute Gasteiger partial charge is 0.159 e. The number of benzene rings is 1. The maximum Gasteiger partial charge on any atom is 0.159 e. The van der Waals surface area contributed by atoms with E-state index in [0.29, 0.717) is 17.3 Å². The van der Waals surface area contributed by atoms with Crippen molar-refractivity contribution in [1.29, 1.82) is 0 Å². The second-order valence-electron chi connectivity index (χ2n) is 5.96. The minimum absolute atomic E-state index is 0.105. The molecule has 0 N–H and O–H groups in total. The number of carbonyl (C=O) groups is 1. The van der Waals surface area contributed by atoms with E-state index in [4.69, 9.17) is 0 Å². The first-order valence-electron chi connectivity index (χ1n) is 7.93. The molecular formula is C18H25FN2O. The summed E-state index contributed by atoms with van der Waals surface area (Å²) >= 11 is 0. The van der Waals surface area contributed by atoms with Crippen molar-refractivity contribution in [3.05, 3.63) is 42.2 Å². The Hall–Kier alpha value is -1.68. The van der Waals surface area contributed by atoms with Crippen molar-refractivity contribution in [2.75, 3.05) is 31.1 Å². The van der Waals surface area contributed by atoms with Crippen LogP contribution in [-0.4, -0.2) is 42.9 Å². The number of rotatable bonds is 6. The summed E-state index contributed by atoms with van der Waals surface area (Å²) in [4.78, 5) is 15.8. The first-order valence-corrected chi connectivity index (χ1v) is 7.93. The van der Waals surface area contributed by atoms with Crippen LogP contribution in [0.2, 0.25) is 0 Å². The molecule has 1 atom stereocenters. The van der Waals surface area contributed by atoms with Gasteiger partial charge in [-0.25, -0.2) is 4.39 Å². The molecule has 0 aromatic heterocycles. The van der Waals surface area contributed by atoms with Crippen LogP contribution < -0.4 is 4.90 Å². The van der Waals surface area contributed by atoms with Crippen molar-refractivity contribution in [2.45, 2.75) is 32.7 Å². The predicted octanol–water partition coefficient (Wildman–Crippen LogP) is 3.51. The molecule has 1 unspecified atom stereocenters. The van der Waals surface area contributed by atoms with Gasteiger partial charge in [-0.1, -0.05) is 6.08 Å². The molecule has 0 amide bonds. The van der Waals surface area contributed by atoms with Crippen LogP contribution >= 0.6 is 0 Å². The predicted molar refractivity (Wildman–Crippen MR) is 89.1 cm³/mol. The fraction of sp³-hybridized carbons (Fsp3) is 0.500.